The van der Waals surface area contributed by atoms with Crippen LogP contribution in [-0.4, -0.2) is 35.9 Å². The fourth-order valence-electron chi connectivity index (χ4n) is 3.62. The van der Waals surface area contributed by atoms with Gasteiger partial charge in [-0.05, 0) is 12.3 Å². The van der Waals surface area contributed by atoms with Gasteiger partial charge in [0.25, 0.3) is 0 Å². The highest BCUT2D eigenvalue weighted by Crippen LogP contribution is 2.55. The van der Waals surface area contributed by atoms with Gasteiger partial charge in [-0.15, -0.1) is 0 Å². The highest BCUT2D eigenvalue weighted by Gasteiger charge is 2.63. The Balaban J connectivity index is 1.66. The summed E-state index contributed by atoms with van der Waals surface area (Å²) in [5.41, 5.74) is 0. The van der Waals surface area contributed by atoms with Crippen molar-refractivity contribution in [3.8, 4) is 0 Å². The van der Waals surface area contributed by atoms with Crippen LogP contribution in [0.3, 0.4) is 0 Å². The molecule has 0 aromatic rings. The van der Waals surface area contributed by atoms with Crippen LogP contribution in [0.25, 0.3) is 0 Å². The van der Waals surface area contributed by atoms with E-state index in [0.29, 0.717) is 31.2 Å². The topological polar surface area (TPSA) is 54.0 Å². The van der Waals surface area contributed by atoms with Crippen molar-refractivity contribution in [1.82, 2.24) is 0 Å². The Labute approximate surface area is 89.9 Å². The van der Waals surface area contributed by atoms with Gasteiger partial charge in [-0.2, -0.15) is 4.21 Å². The van der Waals surface area contributed by atoms with E-state index in [0.717, 1.165) is 6.42 Å². The van der Waals surface area contributed by atoms with Crippen LogP contribution in [0.15, 0.2) is 0 Å². The van der Waals surface area contributed by atoms with Crippen LogP contribution in [0.4, 0.5) is 0 Å². The molecule has 2 saturated heterocycles. The van der Waals surface area contributed by atoms with E-state index in [9.17, 15) is 4.21 Å². The molecule has 4 rings (SSSR count). The lowest BCUT2D eigenvalue weighted by Gasteiger charge is -2.37. The second-order valence-corrected chi connectivity index (χ2v) is 5.49. The highest BCUT2D eigenvalue weighted by atomic mass is 32.2. The predicted molar refractivity (Wildman–Crippen MR) is 48.7 cm³/mol. The van der Waals surface area contributed by atoms with E-state index in [4.69, 9.17) is 17.8 Å². The third-order valence-corrected chi connectivity index (χ3v) is 4.88. The molecule has 4 fully saturated rings. The molecule has 6 heteroatoms. The van der Waals surface area contributed by atoms with Crippen molar-refractivity contribution in [3.63, 3.8) is 0 Å². The fraction of sp³-hybridized carbons (Fsp3) is 1.00. The zero-order valence-electron chi connectivity index (χ0n) is 8.03. The van der Waals surface area contributed by atoms with E-state index in [2.05, 4.69) is 0 Å². The quantitative estimate of drug-likeness (QED) is 0.588. The van der Waals surface area contributed by atoms with E-state index in [1.807, 2.05) is 0 Å². The minimum absolute atomic E-state index is 0.0486. The van der Waals surface area contributed by atoms with Crippen molar-refractivity contribution >= 4 is 11.4 Å². The monoisotopic (exact) mass is 232 g/mol. The molecule has 2 heterocycles. The van der Waals surface area contributed by atoms with Crippen LogP contribution in [-0.2, 0) is 29.2 Å². The fourth-order valence-corrected chi connectivity index (χ4v) is 4.41. The van der Waals surface area contributed by atoms with Crippen LogP contribution in [0.2, 0.25) is 0 Å². The molecule has 2 aliphatic carbocycles. The zero-order valence-corrected chi connectivity index (χ0v) is 8.85. The van der Waals surface area contributed by atoms with E-state index >= 15 is 0 Å². The van der Waals surface area contributed by atoms with Crippen LogP contribution in [0.5, 0.6) is 0 Å². The molecule has 0 N–H and O–H groups in total. The molecule has 15 heavy (non-hydrogen) atoms. The van der Waals surface area contributed by atoms with Crippen molar-refractivity contribution in [2.45, 2.75) is 24.7 Å². The minimum Gasteiger partial charge on any atom is -0.349 e. The third-order valence-electron chi connectivity index (χ3n) is 4.17. The van der Waals surface area contributed by atoms with Gasteiger partial charge < -0.3 is 9.47 Å². The lowest BCUT2D eigenvalue weighted by molar-refractivity contribution is -0.0475. The molecule has 0 radical (unpaired) electrons. The molecule has 0 aromatic carbocycles. The minimum atomic E-state index is -1.56. The Bertz CT molecular complexity index is 322. The Morgan fingerprint density at radius 2 is 1.80 bits per heavy atom. The number of hydrogen-bond acceptors (Lipinski definition) is 5. The second-order valence-electron chi connectivity index (χ2n) is 4.66. The summed E-state index contributed by atoms with van der Waals surface area (Å²) in [7, 11) is 0. The van der Waals surface area contributed by atoms with Crippen molar-refractivity contribution in [1.29, 1.82) is 0 Å². The van der Waals surface area contributed by atoms with Gasteiger partial charge in [-0.3, -0.25) is 8.37 Å². The summed E-state index contributed by atoms with van der Waals surface area (Å²) in [6, 6.07) is 0. The molecule has 0 aromatic heterocycles. The molecule has 2 aliphatic heterocycles. The normalized spacial score (nSPS) is 61.7. The Morgan fingerprint density at radius 1 is 1.00 bits per heavy atom. The van der Waals surface area contributed by atoms with E-state index < -0.39 is 11.4 Å². The van der Waals surface area contributed by atoms with Gasteiger partial charge in [0.1, 0.15) is 6.79 Å². The Hall–Kier alpha value is -0.0100. The second kappa shape index (κ2) is 3.01. The van der Waals surface area contributed by atoms with E-state index in [1.54, 1.807) is 0 Å². The third kappa shape index (κ3) is 1.09. The van der Waals surface area contributed by atoms with Crippen LogP contribution in [0.1, 0.15) is 6.42 Å². The smallest absolute Gasteiger partial charge is 0.304 e. The van der Waals surface area contributed by atoms with Gasteiger partial charge in [0.05, 0.1) is 24.9 Å². The van der Waals surface area contributed by atoms with Gasteiger partial charge in [-0.1, -0.05) is 0 Å². The number of rotatable bonds is 0. The molecule has 84 valence electrons. The summed E-state index contributed by atoms with van der Waals surface area (Å²) in [4.78, 5) is 0. The molecular weight excluding hydrogens is 220 g/mol. The molecule has 7 unspecified atom stereocenters. The number of ether oxygens (including phenoxy) is 2. The first-order valence-corrected chi connectivity index (χ1v) is 6.30. The summed E-state index contributed by atoms with van der Waals surface area (Å²) in [5, 5.41) is 0. The van der Waals surface area contributed by atoms with Crippen molar-refractivity contribution in [3.05, 3.63) is 0 Å². The maximum absolute atomic E-state index is 11.2. The maximum Gasteiger partial charge on any atom is 0.304 e. The highest BCUT2D eigenvalue weighted by molar-refractivity contribution is 7.75. The van der Waals surface area contributed by atoms with Crippen LogP contribution >= 0.6 is 0 Å². The average molecular weight is 232 g/mol. The molecule has 0 amide bonds. The molecule has 2 saturated carbocycles. The first-order valence-electron chi connectivity index (χ1n) is 5.30. The molecule has 2 bridgehead atoms. The van der Waals surface area contributed by atoms with E-state index in [-0.39, 0.29) is 18.3 Å². The van der Waals surface area contributed by atoms with Crippen LogP contribution in [0, 0.1) is 17.8 Å². The number of fused-ring (bicyclic) bond motifs is 8. The first kappa shape index (κ1) is 9.07. The summed E-state index contributed by atoms with van der Waals surface area (Å²) < 4.78 is 32.7. The van der Waals surface area contributed by atoms with Gasteiger partial charge in [0.15, 0.2) is 0 Å². The molecule has 0 spiro atoms. The predicted octanol–water partition coefficient (Wildman–Crippen LogP) is -0.0121. The first-order chi connectivity index (χ1) is 7.34. The van der Waals surface area contributed by atoms with Gasteiger partial charge in [0, 0.05) is 11.8 Å². The van der Waals surface area contributed by atoms with Gasteiger partial charge in [-0.25, -0.2) is 0 Å². The largest absolute Gasteiger partial charge is 0.349 e. The van der Waals surface area contributed by atoms with Crippen LogP contribution < -0.4 is 0 Å². The molecular formula is C9H12O5S. The lowest BCUT2D eigenvalue weighted by Crippen LogP contribution is -2.48. The molecule has 4 aliphatic rings. The SMILES string of the molecule is O=S1OCC2C3CC(C2O1)C1OCOC31. The maximum atomic E-state index is 11.2. The Morgan fingerprint density at radius 3 is 2.67 bits per heavy atom. The summed E-state index contributed by atoms with van der Waals surface area (Å²) in [6.07, 6.45) is 1.49. The summed E-state index contributed by atoms with van der Waals surface area (Å²) >= 11 is -1.56. The van der Waals surface area contributed by atoms with Crippen molar-refractivity contribution in [2.75, 3.05) is 13.4 Å². The van der Waals surface area contributed by atoms with E-state index in [1.165, 1.54) is 0 Å². The summed E-state index contributed by atoms with van der Waals surface area (Å²) in [6.45, 7) is 0.927. The van der Waals surface area contributed by atoms with Gasteiger partial charge >= 0.3 is 11.4 Å². The molecule has 7 atom stereocenters. The van der Waals surface area contributed by atoms with Crippen molar-refractivity contribution in [2.24, 2.45) is 17.8 Å². The Kier molecular flexibility index (Phi) is 1.82. The van der Waals surface area contributed by atoms with Crippen molar-refractivity contribution < 1.29 is 22.0 Å². The molecule has 5 nitrogen and oxygen atoms in total. The summed E-state index contributed by atoms with van der Waals surface area (Å²) in [5.74, 6) is 1.15. The van der Waals surface area contributed by atoms with Gasteiger partial charge in [0.2, 0.25) is 0 Å². The zero-order chi connectivity index (χ0) is 9.99. The number of hydrogen-bond donors (Lipinski definition) is 0. The average Bonchev–Trinajstić information content (AvgIpc) is 2.86. The lowest BCUT2D eigenvalue weighted by atomic mass is 9.83. The standard InChI is InChI=1S/C9H12O5S/c10-15-13-2-6-4-1-5(7(6)14-15)9-8(4)11-3-12-9/h4-9H,1-3H2.